The Morgan fingerprint density at radius 1 is 0.923 bits per heavy atom. The topological polar surface area (TPSA) is 66.5 Å². The van der Waals surface area contributed by atoms with E-state index in [0.29, 0.717) is 0 Å². The van der Waals surface area contributed by atoms with E-state index in [1.54, 1.807) is 12.4 Å². The Hall–Kier alpha value is -3.47. The molecule has 5 heteroatoms. The van der Waals surface area contributed by atoms with E-state index < -0.39 is 0 Å². The third-order valence-electron chi connectivity index (χ3n) is 4.75. The molecule has 0 fully saturated rings. The molecule has 1 aromatic carbocycles. The molecule has 5 rings (SSSR count). The van der Waals surface area contributed by atoms with Crippen LogP contribution < -0.4 is 5.32 Å². The van der Waals surface area contributed by atoms with Crippen LogP contribution in [0.2, 0.25) is 0 Å². The zero-order chi connectivity index (χ0) is 17.7. The Bertz CT molecular complexity index is 1080. The van der Waals surface area contributed by atoms with E-state index in [1.807, 2.05) is 24.4 Å². The zero-order valence-corrected chi connectivity index (χ0v) is 14.5. The first-order valence-electron chi connectivity index (χ1n) is 8.55. The summed E-state index contributed by atoms with van der Waals surface area (Å²) in [6, 6.07) is 12.4. The van der Waals surface area contributed by atoms with E-state index in [0.717, 1.165) is 45.4 Å². The number of aromatic amines is 1. The van der Waals surface area contributed by atoms with Gasteiger partial charge in [-0.05, 0) is 37.6 Å². The molecule has 1 aliphatic rings. The minimum atomic E-state index is 0.791. The monoisotopic (exact) mass is 339 g/mol. The number of anilines is 2. The molecule has 0 saturated heterocycles. The van der Waals surface area contributed by atoms with Crippen LogP contribution in [0.15, 0.2) is 55.0 Å². The fourth-order valence-corrected chi connectivity index (χ4v) is 3.51. The number of pyridine rings is 2. The highest BCUT2D eigenvalue weighted by atomic mass is 15.0. The lowest BCUT2D eigenvalue weighted by Crippen LogP contribution is -1.96. The van der Waals surface area contributed by atoms with Gasteiger partial charge in [0.25, 0.3) is 0 Å². The molecule has 0 saturated carbocycles. The lowest BCUT2D eigenvalue weighted by molar-refractivity contribution is 1.25. The number of hydrogen-bond donors (Lipinski definition) is 2. The molecule has 0 spiro atoms. The largest absolute Gasteiger partial charge is 0.338 e. The maximum absolute atomic E-state index is 4.96. The van der Waals surface area contributed by atoms with Crippen molar-refractivity contribution in [2.45, 2.75) is 13.8 Å². The number of nitrogens with zero attached hydrogens (tertiary/aromatic N) is 3. The molecule has 4 aromatic rings. The van der Waals surface area contributed by atoms with Crippen molar-refractivity contribution >= 4 is 11.5 Å². The van der Waals surface area contributed by atoms with Crippen molar-refractivity contribution in [2.75, 3.05) is 5.32 Å². The fourth-order valence-electron chi connectivity index (χ4n) is 3.51. The number of hydrogen-bond acceptors (Lipinski definition) is 4. The van der Waals surface area contributed by atoms with Gasteiger partial charge in [-0.3, -0.25) is 4.98 Å². The van der Waals surface area contributed by atoms with Crippen LogP contribution in [0.3, 0.4) is 0 Å². The van der Waals surface area contributed by atoms with Gasteiger partial charge in [-0.15, -0.1) is 0 Å². The lowest BCUT2D eigenvalue weighted by Gasteiger charge is -2.08. The first-order valence-corrected chi connectivity index (χ1v) is 8.55. The van der Waals surface area contributed by atoms with Gasteiger partial charge in [-0.2, -0.15) is 0 Å². The summed E-state index contributed by atoms with van der Waals surface area (Å²) in [5, 5.41) is 3.38. The second kappa shape index (κ2) is 5.52. The molecule has 0 atom stereocenters. The van der Waals surface area contributed by atoms with E-state index in [4.69, 9.17) is 4.98 Å². The van der Waals surface area contributed by atoms with Crippen LogP contribution in [-0.2, 0) is 0 Å². The van der Waals surface area contributed by atoms with Crippen molar-refractivity contribution in [2.24, 2.45) is 0 Å². The smallest absolute Gasteiger partial charge is 0.139 e. The molecule has 4 heterocycles. The Morgan fingerprint density at radius 2 is 1.85 bits per heavy atom. The van der Waals surface area contributed by atoms with Crippen molar-refractivity contribution in [3.05, 3.63) is 66.1 Å². The molecule has 5 nitrogen and oxygen atoms in total. The molecule has 2 N–H and O–H groups in total. The average Bonchev–Trinajstić information content (AvgIpc) is 3.02. The Kier molecular flexibility index (Phi) is 3.15. The maximum Gasteiger partial charge on any atom is 0.139 e. The predicted molar refractivity (Wildman–Crippen MR) is 103 cm³/mol. The summed E-state index contributed by atoms with van der Waals surface area (Å²) in [5.41, 5.74) is 8.38. The lowest BCUT2D eigenvalue weighted by atomic mass is 10.1. The first-order chi connectivity index (χ1) is 12.7. The highest BCUT2D eigenvalue weighted by Crippen LogP contribution is 2.42. The standard InChI is InChI=1S/C21H17N5/c1-12-5-6-14(13(2)10-12)21-25-18-15-7-9-22-11-17(15)24-20-16(19(18)26-21)4-3-8-23-20/h3-11H,1-2H3,(H,23,24)(H,25,26). The summed E-state index contributed by atoms with van der Waals surface area (Å²) < 4.78 is 0. The summed E-state index contributed by atoms with van der Waals surface area (Å²) in [6.45, 7) is 4.22. The van der Waals surface area contributed by atoms with Crippen molar-refractivity contribution in [3.8, 4) is 33.9 Å². The molecular formula is C21H17N5. The van der Waals surface area contributed by atoms with Gasteiger partial charge in [0.15, 0.2) is 0 Å². The number of nitrogens with one attached hydrogen (secondary N) is 2. The van der Waals surface area contributed by atoms with Gasteiger partial charge in [-0.1, -0.05) is 23.8 Å². The van der Waals surface area contributed by atoms with Crippen molar-refractivity contribution in [1.29, 1.82) is 0 Å². The highest BCUT2D eigenvalue weighted by Gasteiger charge is 2.24. The number of aryl methyl sites for hydroxylation is 2. The maximum atomic E-state index is 4.96. The van der Waals surface area contributed by atoms with Gasteiger partial charge in [0.05, 0.1) is 17.6 Å². The number of fused-ring (bicyclic) bond motifs is 5. The number of aromatic nitrogens is 4. The van der Waals surface area contributed by atoms with E-state index in [-0.39, 0.29) is 0 Å². The van der Waals surface area contributed by atoms with E-state index in [1.165, 1.54) is 11.1 Å². The summed E-state index contributed by atoms with van der Waals surface area (Å²) in [4.78, 5) is 17.2. The fraction of sp³-hybridized carbons (Fsp3) is 0.0952. The van der Waals surface area contributed by atoms with Crippen LogP contribution in [0.5, 0.6) is 0 Å². The van der Waals surface area contributed by atoms with Crippen molar-refractivity contribution in [1.82, 2.24) is 19.9 Å². The third kappa shape index (κ3) is 2.21. The first kappa shape index (κ1) is 14.8. The highest BCUT2D eigenvalue weighted by molar-refractivity contribution is 5.95. The third-order valence-corrected chi connectivity index (χ3v) is 4.75. The number of imidazole rings is 1. The minimum Gasteiger partial charge on any atom is -0.338 e. The second-order valence-electron chi connectivity index (χ2n) is 6.57. The molecule has 0 bridgehead atoms. The van der Waals surface area contributed by atoms with Gasteiger partial charge in [-0.25, -0.2) is 9.97 Å². The second-order valence-corrected chi connectivity index (χ2v) is 6.57. The normalized spacial score (nSPS) is 11.8. The van der Waals surface area contributed by atoms with Gasteiger partial charge < -0.3 is 10.3 Å². The van der Waals surface area contributed by atoms with E-state index in [9.17, 15) is 0 Å². The quantitative estimate of drug-likeness (QED) is 0.457. The van der Waals surface area contributed by atoms with Gasteiger partial charge in [0, 0.05) is 29.1 Å². The average molecular weight is 339 g/mol. The van der Waals surface area contributed by atoms with Gasteiger partial charge in [0.2, 0.25) is 0 Å². The van der Waals surface area contributed by atoms with Gasteiger partial charge in [0.1, 0.15) is 17.3 Å². The molecule has 0 aliphatic carbocycles. The summed E-state index contributed by atoms with van der Waals surface area (Å²) >= 11 is 0. The number of H-pyrrole nitrogens is 1. The Morgan fingerprint density at radius 3 is 2.73 bits per heavy atom. The van der Waals surface area contributed by atoms with Crippen LogP contribution in [0.1, 0.15) is 11.1 Å². The Balaban J connectivity index is 1.80. The SMILES string of the molecule is Cc1ccc(-c2nc3c([nH]2)-c2ccncc2Nc2ncccc2-3)c(C)c1. The van der Waals surface area contributed by atoms with Crippen LogP contribution in [0.25, 0.3) is 33.9 Å². The molecule has 1 aliphatic heterocycles. The van der Waals surface area contributed by atoms with Crippen molar-refractivity contribution < 1.29 is 0 Å². The summed E-state index contributed by atoms with van der Waals surface area (Å²) in [6.07, 6.45) is 5.40. The predicted octanol–water partition coefficient (Wildman–Crippen LogP) is 4.87. The summed E-state index contributed by atoms with van der Waals surface area (Å²) in [7, 11) is 0. The minimum absolute atomic E-state index is 0.791. The molecule has 26 heavy (non-hydrogen) atoms. The zero-order valence-electron chi connectivity index (χ0n) is 14.5. The molecule has 0 amide bonds. The molecular weight excluding hydrogens is 322 g/mol. The Labute approximate surface area is 151 Å². The molecule has 0 unspecified atom stereocenters. The van der Waals surface area contributed by atoms with Gasteiger partial charge >= 0.3 is 0 Å². The van der Waals surface area contributed by atoms with Crippen LogP contribution in [-0.4, -0.2) is 19.9 Å². The number of rotatable bonds is 1. The molecule has 126 valence electrons. The van der Waals surface area contributed by atoms with E-state index in [2.05, 4.69) is 52.3 Å². The molecule has 3 aromatic heterocycles. The van der Waals surface area contributed by atoms with E-state index >= 15 is 0 Å². The van der Waals surface area contributed by atoms with Crippen molar-refractivity contribution in [3.63, 3.8) is 0 Å². The molecule has 0 radical (unpaired) electrons. The van der Waals surface area contributed by atoms with Crippen LogP contribution in [0.4, 0.5) is 11.5 Å². The number of benzene rings is 1. The van der Waals surface area contributed by atoms with Crippen LogP contribution in [0, 0.1) is 13.8 Å². The summed E-state index contributed by atoms with van der Waals surface area (Å²) in [5.74, 6) is 1.66. The van der Waals surface area contributed by atoms with Crippen LogP contribution >= 0.6 is 0 Å².